The van der Waals surface area contributed by atoms with Crippen LogP contribution in [-0.4, -0.2) is 75.6 Å². The van der Waals surface area contributed by atoms with E-state index in [0.717, 1.165) is 84.9 Å². The fraction of sp³-hybridized carbons (Fsp3) is 0.600. The van der Waals surface area contributed by atoms with E-state index >= 15 is 0 Å². The van der Waals surface area contributed by atoms with Crippen molar-refractivity contribution in [2.24, 2.45) is 0 Å². The van der Waals surface area contributed by atoms with Gasteiger partial charge in [0, 0.05) is 38.8 Å². The third-order valence-corrected chi connectivity index (χ3v) is 12.2. The Bertz CT molecular complexity index is 1420. The van der Waals surface area contributed by atoms with Gasteiger partial charge in [-0.15, -0.1) is 20.4 Å². The first kappa shape index (κ1) is 38.4. The van der Waals surface area contributed by atoms with Crippen LogP contribution in [0.3, 0.4) is 0 Å². The van der Waals surface area contributed by atoms with Crippen molar-refractivity contribution in [1.82, 2.24) is 30.2 Å². The van der Waals surface area contributed by atoms with E-state index in [9.17, 15) is 19.2 Å². The lowest BCUT2D eigenvalue weighted by Gasteiger charge is -2.14. The van der Waals surface area contributed by atoms with Crippen molar-refractivity contribution in [3.63, 3.8) is 0 Å². The predicted molar refractivity (Wildman–Crippen MR) is 202 cm³/mol. The number of nitrogens with zero attached hydrogens (tertiary/aromatic N) is 6. The van der Waals surface area contributed by atoms with Crippen LogP contribution in [0.1, 0.15) is 101 Å². The van der Waals surface area contributed by atoms with Crippen LogP contribution in [-0.2, 0) is 32.0 Å². The Balaban J connectivity index is 1.14. The number of unbranched alkanes of at least 4 members (excludes halogenated alkanes) is 6. The number of carbonyl (C=O) groups is 4. The highest BCUT2D eigenvalue weighted by molar-refractivity contribution is 8.29. The maximum absolute atomic E-state index is 13.3. The molecule has 12 nitrogen and oxygen atoms in total. The predicted octanol–water partition coefficient (Wildman–Crippen LogP) is 6.71. The SMILES string of the molecule is CCCCc1nnc(NC(=O)CCCCCN2C(=O)/C(=C3\SC(=S)N(CCCCCC(=O)Nc4nnc(CCCC)s4)C3=O)SC2=S)s1. The summed E-state index contributed by atoms with van der Waals surface area (Å²) in [4.78, 5) is 54.8. The van der Waals surface area contributed by atoms with Gasteiger partial charge in [-0.05, 0) is 38.5 Å². The third kappa shape index (κ3) is 11.3. The van der Waals surface area contributed by atoms with Crippen molar-refractivity contribution in [1.29, 1.82) is 0 Å². The third-order valence-electron chi connectivity index (χ3n) is 7.39. The number of hydrogen-bond donors (Lipinski definition) is 2. The van der Waals surface area contributed by atoms with E-state index < -0.39 is 0 Å². The van der Waals surface area contributed by atoms with E-state index in [1.807, 2.05) is 0 Å². The highest BCUT2D eigenvalue weighted by atomic mass is 32.2. The van der Waals surface area contributed by atoms with Crippen LogP contribution < -0.4 is 10.6 Å². The summed E-state index contributed by atoms with van der Waals surface area (Å²) < 4.78 is 0.828. The number of aryl methyl sites for hydroxylation is 2. The molecule has 0 spiro atoms. The standard InChI is InChI=1S/C30H40N8O4S6/c1-3-5-15-21-33-35-27(45-21)31-19(39)13-9-7-11-17-37-25(41)23(47-29(37)43)24-26(42)38(30(44)48-24)18-12-8-10-14-20(40)32-28-36-34-22(46-28)16-6-4-2/h3-18H2,1-2H3,(H,31,35,39)(H,32,36,40)/b24-23+. The maximum Gasteiger partial charge on any atom is 0.267 e. The molecule has 2 saturated heterocycles. The number of carbonyl (C=O) groups excluding carboxylic acids is 4. The molecule has 0 saturated carbocycles. The summed E-state index contributed by atoms with van der Waals surface area (Å²) in [7, 11) is 0. The lowest BCUT2D eigenvalue weighted by molar-refractivity contribution is -0.124. The molecule has 0 unspecified atom stereocenters. The molecule has 0 atom stereocenters. The quantitative estimate of drug-likeness (QED) is 0.0838. The van der Waals surface area contributed by atoms with Gasteiger partial charge in [-0.1, -0.05) is 110 Å². The van der Waals surface area contributed by atoms with E-state index in [4.69, 9.17) is 24.4 Å². The van der Waals surface area contributed by atoms with Crippen molar-refractivity contribution < 1.29 is 19.2 Å². The summed E-state index contributed by atoms with van der Waals surface area (Å²) >= 11 is 16.0. The second-order valence-electron chi connectivity index (χ2n) is 11.2. The van der Waals surface area contributed by atoms with Crippen LogP contribution in [0.5, 0.6) is 0 Å². The molecule has 48 heavy (non-hydrogen) atoms. The zero-order valence-electron chi connectivity index (χ0n) is 27.1. The molecule has 4 amide bonds. The van der Waals surface area contributed by atoms with Crippen molar-refractivity contribution >= 4 is 113 Å². The van der Waals surface area contributed by atoms with E-state index in [2.05, 4.69) is 44.9 Å². The Morgan fingerprint density at radius 3 is 1.44 bits per heavy atom. The Morgan fingerprint density at radius 2 is 1.04 bits per heavy atom. The number of rotatable bonds is 20. The van der Waals surface area contributed by atoms with Crippen LogP contribution in [0.4, 0.5) is 10.3 Å². The lowest BCUT2D eigenvalue weighted by Crippen LogP contribution is -2.31. The first-order valence-electron chi connectivity index (χ1n) is 16.3. The fourth-order valence-corrected chi connectivity index (χ4v) is 9.12. The average molecular weight is 769 g/mol. The van der Waals surface area contributed by atoms with Gasteiger partial charge in [0.15, 0.2) is 0 Å². The van der Waals surface area contributed by atoms with E-state index in [1.54, 1.807) is 0 Å². The van der Waals surface area contributed by atoms with Gasteiger partial charge in [0.1, 0.15) is 18.7 Å². The Labute approximate surface area is 308 Å². The number of nitrogens with one attached hydrogen (secondary N) is 2. The zero-order valence-corrected chi connectivity index (χ0v) is 32.0. The van der Waals surface area contributed by atoms with E-state index in [0.29, 0.717) is 80.3 Å². The minimum atomic E-state index is -0.280. The monoisotopic (exact) mass is 768 g/mol. The number of aromatic nitrogens is 4. The Hall–Kier alpha value is -2.38. The molecule has 0 radical (unpaired) electrons. The molecule has 0 bridgehead atoms. The van der Waals surface area contributed by atoms with Gasteiger partial charge < -0.3 is 10.6 Å². The van der Waals surface area contributed by atoms with Crippen molar-refractivity contribution in [2.45, 2.75) is 104 Å². The number of hydrogen-bond acceptors (Lipinski definition) is 14. The molecule has 2 fully saturated rings. The fourth-order valence-electron chi connectivity index (χ4n) is 4.75. The first-order chi connectivity index (χ1) is 23.2. The molecule has 18 heteroatoms. The molecule has 0 aliphatic carbocycles. The molecular formula is C30H40N8O4S6. The molecule has 0 aromatic carbocycles. The number of thioether (sulfide) groups is 2. The molecule has 2 aromatic rings. The van der Waals surface area contributed by atoms with Crippen LogP contribution in [0.25, 0.3) is 0 Å². The molecule has 260 valence electrons. The summed E-state index contributed by atoms with van der Waals surface area (Å²) in [6.45, 7) is 5.07. The molecule has 2 aromatic heterocycles. The van der Waals surface area contributed by atoms with Crippen LogP contribution in [0.15, 0.2) is 9.81 Å². The largest absolute Gasteiger partial charge is 0.301 e. The smallest absolute Gasteiger partial charge is 0.267 e. The van der Waals surface area contributed by atoms with Gasteiger partial charge in [-0.25, -0.2) is 0 Å². The van der Waals surface area contributed by atoms with Crippen LogP contribution in [0, 0.1) is 0 Å². The first-order valence-corrected chi connectivity index (χ1v) is 20.3. The van der Waals surface area contributed by atoms with Gasteiger partial charge in [0.2, 0.25) is 22.1 Å². The normalized spacial score (nSPS) is 16.5. The molecular weight excluding hydrogens is 729 g/mol. The zero-order chi connectivity index (χ0) is 34.5. The lowest BCUT2D eigenvalue weighted by atomic mass is 10.2. The van der Waals surface area contributed by atoms with Gasteiger partial charge in [-0.2, -0.15) is 0 Å². The summed E-state index contributed by atoms with van der Waals surface area (Å²) in [5.41, 5.74) is 0. The molecule has 2 aliphatic rings. The summed E-state index contributed by atoms with van der Waals surface area (Å²) in [6.07, 6.45) is 10.8. The van der Waals surface area contributed by atoms with Crippen molar-refractivity contribution in [3.05, 3.63) is 19.8 Å². The second kappa shape index (κ2) is 19.7. The highest BCUT2D eigenvalue weighted by Gasteiger charge is 2.41. The number of anilines is 2. The van der Waals surface area contributed by atoms with Crippen LogP contribution in [0.2, 0.25) is 0 Å². The van der Waals surface area contributed by atoms with Crippen molar-refractivity contribution in [2.75, 3.05) is 23.7 Å². The van der Waals surface area contributed by atoms with Gasteiger partial charge in [-0.3, -0.25) is 29.0 Å². The molecule has 2 aliphatic heterocycles. The average Bonchev–Trinajstić information content (AvgIpc) is 3.83. The van der Waals surface area contributed by atoms with Gasteiger partial charge >= 0.3 is 0 Å². The Kier molecular flexibility index (Phi) is 15.8. The summed E-state index contributed by atoms with van der Waals surface area (Å²) in [5, 5.41) is 24.8. The molecule has 4 heterocycles. The maximum atomic E-state index is 13.3. The van der Waals surface area contributed by atoms with Gasteiger partial charge in [0.05, 0.1) is 9.81 Å². The molecule has 4 rings (SSSR count). The van der Waals surface area contributed by atoms with Crippen molar-refractivity contribution in [3.8, 4) is 0 Å². The number of thiocarbonyl (C=S) groups is 2. The van der Waals surface area contributed by atoms with Gasteiger partial charge in [0.25, 0.3) is 11.8 Å². The second-order valence-corrected chi connectivity index (χ2v) is 16.6. The van der Waals surface area contributed by atoms with E-state index in [-0.39, 0.29) is 23.6 Å². The van der Waals surface area contributed by atoms with E-state index in [1.165, 1.54) is 32.5 Å². The summed E-state index contributed by atoms with van der Waals surface area (Å²) in [5.74, 6) is -0.770. The minimum absolute atomic E-state index is 0.105. The topological polar surface area (TPSA) is 150 Å². The number of amides is 4. The van der Waals surface area contributed by atoms with Crippen LogP contribution >= 0.6 is 70.6 Å². The highest BCUT2D eigenvalue weighted by Crippen LogP contribution is 2.42. The summed E-state index contributed by atoms with van der Waals surface area (Å²) in [6, 6.07) is 0. The molecule has 2 N–H and O–H groups in total. The minimum Gasteiger partial charge on any atom is -0.301 e. The Morgan fingerprint density at radius 1 is 0.625 bits per heavy atom.